The summed E-state index contributed by atoms with van der Waals surface area (Å²) in [6.45, 7) is 7.60. The first-order valence-electron chi connectivity index (χ1n) is 10.8. The number of nitrogens with one attached hydrogen (secondary N) is 1. The van der Waals surface area contributed by atoms with E-state index in [1.807, 2.05) is 57.2 Å². The molecule has 8 heteroatoms. The Morgan fingerprint density at radius 1 is 1.00 bits per heavy atom. The molecule has 0 aromatic heterocycles. The van der Waals surface area contributed by atoms with E-state index >= 15 is 0 Å². The van der Waals surface area contributed by atoms with Crippen LogP contribution in [0.15, 0.2) is 48.5 Å². The fourth-order valence-electron chi connectivity index (χ4n) is 3.52. The van der Waals surface area contributed by atoms with Crippen LogP contribution in [0, 0.1) is 6.92 Å². The van der Waals surface area contributed by atoms with Crippen molar-refractivity contribution in [2.24, 2.45) is 0 Å². The SMILES string of the molecule is CCNC(=O)C(C)N(Cc1ccccc1C)C(=O)CN(c1ccccc1CC)S(C)(=O)=O. The molecule has 0 aliphatic rings. The average molecular weight is 460 g/mol. The average Bonchev–Trinajstić information content (AvgIpc) is 2.75. The summed E-state index contributed by atoms with van der Waals surface area (Å²) >= 11 is 0. The second kappa shape index (κ2) is 11.1. The number of anilines is 1. The molecule has 0 saturated heterocycles. The Morgan fingerprint density at radius 2 is 1.59 bits per heavy atom. The summed E-state index contributed by atoms with van der Waals surface area (Å²) in [5.41, 5.74) is 3.20. The van der Waals surface area contributed by atoms with Crippen molar-refractivity contribution in [2.45, 2.75) is 46.7 Å². The lowest BCUT2D eigenvalue weighted by Gasteiger charge is -2.32. The molecular formula is C24H33N3O4S. The maximum Gasteiger partial charge on any atom is 0.244 e. The van der Waals surface area contributed by atoms with Gasteiger partial charge in [0, 0.05) is 13.1 Å². The number of aryl methyl sites for hydroxylation is 2. The van der Waals surface area contributed by atoms with Crippen LogP contribution in [0.3, 0.4) is 0 Å². The quantitative estimate of drug-likeness (QED) is 0.592. The van der Waals surface area contributed by atoms with Crippen molar-refractivity contribution >= 4 is 27.5 Å². The number of carbonyl (C=O) groups is 2. The lowest BCUT2D eigenvalue weighted by molar-refractivity contribution is -0.139. The number of benzene rings is 2. The molecule has 0 heterocycles. The lowest BCUT2D eigenvalue weighted by atomic mass is 10.1. The van der Waals surface area contributed by atoms with Crippen molar-refractivity contribution in [1.29, 1.82) is 0 Å². The Hall–Kier alpha value is -2.87. The van der Waals surface area contributed by atoms with Crippen molar-refractivity contribution < 1.29 is 18.0 Å². The topological polar surface area (TPSA) is 86.8 Å². The van der Waals surface area contributed by atoms with Gasteiger partial charge < -0.3 is 10.2 Å². The highest BCUT2D eigenvalue weighted by Gasteiger charge is 2.30. The van der Waals surface area contributed by atoms with Gasteiger partial charge in [-0.1, -0.05) is 49.4 Å². The van der Waals surface area contributed by atoms with Gasteiger partial charge in [-0.3, -0.25) is 13.9 Å². The van der Waals surface area contributed by atoms with Crippen molar-refractivity contribution in [3.8, 4) is 0 Å². The molecule has 0 saturated carbocycles. The number of nitrogens with zero attached hydrogens (tertiary/aromatic N) is 2. The molecular weight excluding hydrogens is 426 g/mol. The summed E-state index contributed by atoms with van der Waals surface area (Å²) < 4.78 is 26.4. The summed E-state index contributed by atoms with van der Waals surface area (Å²) in [6, 6.07) is 14.0. The van der Waals surface area contributed by atoms with Gasteiger partial charge in [0.1, 0.15) is 12.6 Å². The minimum atomic E-state index is -3.73. The molecule has 1 unspecified atom stereocenters. The molecule has 2 rings (SSSR count). The van der Waals surface area contributed by atoms with Gasteiger partial charge in [-0.25, -0.2) is 8.42 Å². The molecule has 1 N–H and O–H groups in total. The number of rotatable bonds is 10. The molecule has 7 nitrogen and oxygen atoms in total. The van der Waals surface area contributed by atoms with E-state index in [0.29, 0.717) is 18.7 Å². The predicted octanol–water partition coefficient (Wildman–Crippen LogP) is 2.88. The molecule has 2 aromatic rings. The van der Waals surface area contributed by atoms with Crippen LogP contribution in [0.2, 0.25) is 0 Å². The summed E-state index contributed by atoms with van der Waals surface area (Å²) in [4.78, 5) is 27.5. The Balaban J connectivity index is 2.44. The molecule has 0 fully saturated rings. The first-order chi connectivity index (χ1) is 15.1. The minimum absolute atomic E-state index is 0.205. The summed E-state index contributed by atoms with van der Waals surface area (Å²) in [5.74, 6) is -0.724. The van der Waals surface area contributed by atoms with Gasteiger partial charge in [-0.05, 0) is 49.9 Å². The fourth-order valence-corrected chi connectivity index (χ4v) is 4.40. The van der Waals surface area contributed by atoms with E-state index in [1.54, 1.807) is 19.1 Å². The summed E-state index contributed by atoms with van der Waals surface area (Å²) in [7, 11) is -3.73. The highest BCUT2D eigenvalue weighted by Crippen LogP contribution is 2.24. The van der Waals surface area contributed by atoms with Gasteiger partial charge in [0.2, 0.25) is 21.8 Å². The molecule has 1 atom stereocenters. The molecule has 2 amide bonds. The number of sulfonamides is 1. The molecule has 0 bridgehead atoms. The molecule has 2 aromatic carbocycles. The zero-order valence-corrected chi connectivity index (χ0v) is 20.3. The number of likely N-dealkylation sites (N-methyl/N-ethyl adjacent to an activating group) is 1. The third-order valence-electron chi connectivity index (χ3n) is 5.44. The standard InChI is InChI=1S/C24H33N3O4S/c1-6-20-13-10-11-15-22(20)27(32(5,30)31)17-23(28)26(19(4)24(29)25-7-2)16-21-14-9-8-12-18(21)3/h8-15,19H,6-7,16-17H2,1-5H3,(H,25,29). The van der Waals surface area contributed by atoms with Crippen LogP contribution < -0.4 is 9.62 Å². The van der Waals surface area contributed by atoms with Crippen LogP contribution in [0.1, 0.15) is 37.5 Å². The van der Waals surface area contributed by atoms with E-state index < -0.39 is 22.0 Å². The Kier molecular flexibility index (Phi) is 8.83. The summed E-state index contributed by atoms with van der Waals surface area (Å²) in [6.07, 6.45) is 1.71. The summed E-state index contributed by atoms with van der Waals surface area (Å²) in [5, 5.41) is 2.75. The molecule has 0 spiro atoms. The van der Waals surface area contributed by atoms with E-state index in [9.17, 15) is 18.0 Å². The van der Waals surface area contributed by atoms with Gasteiger partial charge in [0.05, 0.1) is 11.9 Å². The van der Waals surface area contributed by atoms with Crippen molar-refractivity contribution in [3.63, 3.8) is 0 Å². The lowest BCUT2D eigenvalue weighted by Crippen LogP contribution is -2.51. The highest BCUT2D eigenvalue weighted by molar-refractivity contribution is 7.92. The molecule has 32 heavy (non-hydrogen) atoms. The van der Waals surface area contributed by atoms with Crippen LogP contribution in [-0.2, 0) is 32.6 Å². The van der Waals surface area contributed by atoms with Crippen LogP contribution in [0.4, 0.5) is 5.69 Å². The van der Waals surface area contributed by atoms with E-state index in [4.69, 9.17) is 0 Å². The normalized spacial score (nSPS) is 12.2. The third-order valence-corrected chi connectivity index (χ3v) is 6.57. The van der Waals surface area contributed by atoms with Crippen LogP contribution in [0.5, 0.6) is 0 Å². The first kappa shape index (κ1) is 25.4. The maximum absolute atomic E-state index is 13.5. The fraction of sp³-hybridized carbons (Fsp3) is 0.417. The molecule has 174 valence electrons. The second-order valence-corrected chi connectivity index (χ2v) is 9.68. The zero-order chi connectivity index (χ0) is 23.9. The second-order valence-electron chi connectivity index (χ2n) is 7.77. The largest absolute Gasteiger partial charge is 0.355 e. The highest BCUT2D eigenvalue weighted by atomic mass is 32.2. The molecule has 0 aliphatic carbocycles. The van der Waals surface area contributed by atoms with Gasteiger partial charge >= 0.3 is 0 Å². The maximum atomic E-state index is 13.5. The van der Waals surface area contributed by atoms with Gasteiger partial charge in [-0.2, -0.15) is 0 Å². The van der Waals surface area contributed by atoms with E-state index in [0.717, 1.165) is 27.3 Å². The predicted molar refractivity (Wildman–Crippen MR) is 128 cm³/mol. The smallest absolute Gasteiger partial charge is 0.244 e. The number of para-hydroxylation sites is 1. The number of carbonyl (C=O) groups excluding carboxylic acids is 2. The number of amides is 2. The van der Waals surface area contributed by atoms with Gasteiger partial charge in [0.15, 0.2) is 0 Å². The molecule has 0 aliphatic heterocycles. The van der Waals surface area contributed by atoms with Gasteiger partial charge in [-0.15, -0.1) is 0 Å². The van der Waals surface area contributed by atoms with Gasteiger partial charge in [0.25, 0.3) is 0 Å². The van der Waals surface area contributed by atoms with Crippen molar-refractivity contribution in [2.75, 3.05) is 23.7 Å². The Labute approximate surface area is 191 Å². The monoisotopic (exact) mass is 459 g/mol. The van der Waals surface area contributed by atoms with Crippen molar-refractivity contribution in [3.05, 3.63) is 65.2 Å². The molecule has 0 radical (unpaired) electrons. The van der Waals surface area contributed by atoms with E-state index in [2.05, 4.69) is 5.32 Å². The Bertz CT molecular complexity index is 1050. The van der Waals surface area contributed by atoms with E-state index in [1.165, 1.54) is 4.90 Å². The zero-order valence-electron chi connectivity index (χ0n) is 19.5. The van der Waals surface area contributed by atoms with Crippen LogP contribution in [-0.4, -0.2) is 50.5 Å². The number of hydrogen-bond acceptors (Lipinski definition) is 4. The van der Waals surface area contributed by atoms with Crippen LogP contribution in [0.25, 0.3) is 0 Å². The van der Waals surface area contributed by atoms with Crippen molar-refractivity contribution in [1.82, 2.24) is 10.2 Å². The third kappa shape index (κ3) is 6.32. The van der Waals surface area contributed by atoms with E-state index in [-0.39, 0.29) is 19.0 Å². The minimum Gasteiger partial charge on any atom is -0.355 e. The van der Waals surface area contributed by atoms with Crippen LogP contribution >= 0.6 is 0 Å². The Morgan fingerprint density at radius 3 is 2.16 bits per heavy atom. The number of hydrogen-bond donors (Lipinski definition) is 1. The first-order valence-corrected chi connectivity index (χ1v) is 12.6.